The number of fused-ring (bicyclic) bond motifs is 1. The number of benzene rings is 1. The van der Waals surface area contributed by atoms with Gasteiger partial charge in [0.15, 0.2) is 5.69 Å². The number of aromatic nitrogens is 3. The molecule has 2 heterocycles. The molecule has 1 amide bonds. The number of amides is 1. The zero-order chi connectivity index (χ0) is 24.3. The van der Waals surface area contributed by atoms with Gasteiger partial charge in [0.25, 0.3) is 5.69 Å². The van der Waals surface area contributed by atoms with E-state index in [2.05, 4.69) is 5.32 Å². The van der Waals surface area contributed by atoms with Gasteiger partial charge < -0.3 is 20.4 Å². The molecule has 2 N–H and O–H groups in total. The maximum absolute atomic E-state index is 13.1. The van der Waals surface area contributed by atoms with Crippen molar-refractivity contribution < 1.29 is 19.4 Å². The molecular weight excluding hydrogens is 444 g/mol. The Labute approximate surface area is 204 Å². The lowest BCUT2D eigenvalue weighted by atomic mass is 9.71. The first kappa shape index (κ1) is 22.3. The molecule has 0 radical (unpaired) electrons. The van der Waals surface area contributed by atoms with Crippen LogP contribution in [0.2, 0.25) is 0 Å². The predicted molar refractivity (Wildman–Crippen MR) is 131 cm³/mol. The van der Waals surface area contributed by atoms with Gasteiger partial charge in [-0.05, 0) is 76.3 Å². The van der Waals surface area contributed by atoms with E-state index in [1.54, 1.807) is 18.2 Å². The van der Waals surface area contributed by atoms with E-state index in [1.165, 1.54) is 0 Å². The van der Waals surface area contributed by atoms with Crippen LogP contribution in [-0.2, 0) is 0 Å². The summed E-state index contributed by atoms with van der Waals surface area (Å²) >= 11 is 0. The molecule has 0 saturated heterocycles. The van der Waals surface area contributed by atoms with Gasteiger partial charge in [0.05, 0.1) is 29.5 Å². The van der Waals surface area contributed by atoms with E-state index in [4.69, 9.17) is 9.84 Å². The van der Waals surface area contributed by atoms with Gasteiger partial charge in [-0.15, -0.1) is 0 Å². The van der Waals surface area contributed by atoms with E-state index < -0.39 is 11.5 Å². The molecule has 3 aliphatic carbocycles. The Bertz CT molecular complexity index is 1280. The Morgan fingerprint density at radius 3 is 2.71 bits per heavy atom. The molecule has 3 aromatic rings. The van der Waals surface area contributed by atoms with E-state index in [9.17, 15) is 15.1 Å². The number of pyridine rings is 1. The third kappa shape index (κ3) is 4.47. The Balaban J connectivity index is 1.27. The molecule has 2 aromatic heterocycles. The number of aliphatic hydroxyl groups is 1. The van der Waals surface area contributed by atoms with Crippen LogP contribution in [0.25, 0.3) is 10.9 Å². The zero-order valence-electron chi connectivity index (χ0n) is 20.2. The van der Waals surface area contributed by atoms with Crippen molar-refractivity contribution in [1.29, 1.82) is 0 Å². The number of nitrogens with zero attached hydrogens (tertiary/aromatic N) is 3. The van der Waals surface area contributed by atoms with Gasteiger partial charge in [-0.1, -0.05) is 0 Å². The number of rotatable bonds is 8. The second-order valence-corrected chi connectivity index (χ2v) is 11.1. The van der Waals surface area contributed by atoms with E-state index in [0.29, 0.717) is 29.7 Å². The van der Waals surface area contributed by atoms with Gasteiger partial charge in [-0.3, -0.25) is 9.48 Å². The van der Waals surface area contributed by atoms with Crippen molar-refractivity contribution in [2.24, 2.45) is 11.8 Å². The summed E-state index contributed by atoms with van der Waals surface area (Å²) in [5.41, 5.74) is 1.41. The average molecular weight is 477 g/mol. The smallest absolute Gasteiger partial charge is 0.321 e. The molecule has 184 valence electrons. The Morgan fingerprint density at radius 1 is 1.26 bits per heavy atom. The van der Waals surface area contributed by atoms with Crippen LogP contribution in [0.15, 0.2) is 36.5 Å². The second kappa shape index (κ2) is 8.22. The van der Waals surface area contributed by atoms with Gasteiger partial charge >= 0.3 is 5.91 Å². The number of nitrogens with one attached hydrogen (secondary N) is 1. The van der Waals surface area contributed by atoms with Crippen LogP contribution in [0.3, 0.4) is 0 Å². The molecule has 0 aliphatic heterocycles. The summed E-state index contributed by atoms with van der Waals surface area (Å²) in [4.78, 5) is 13.1. The summed E-state index contributed by atoms with van der Waals surface area (Å²) in [5, 5.41) is 31.7. The summed E-state index contributed by atoms with van der Waals surface area (Å²) in [6, 6.07) is 9.14. The number of carbonyl (C=O) groups excluding carboxylic acids is 1. The first-order chi connectivity index (χ1) is 16.8. The third-order valence-corrected chi connectivity index (χ3v) is 7.73. The Morgan fingerprint density at radius 2 is 2.03 bits per heavy atom. The molecular formula is C27H32N4O4. The van der Waals surface area contributed by atoms with Crippen LogP contribution in [0.4, 0.5) is 5.69 Å². The lowest BCUT2D eigenvalue weighted by Crippen LogP contribution is -2.41. The Kier molecular flexibility index (Phi) is 5.25. The summed E-state index contributed by atoms with van der Waals surface area (Å²) in [6.45, 7) is 4.32. The average Bonchev–Trinajstić information content (AvgIpc) is 3.68. The molecule has 0 bridgehead atoms. The molecule has 35 heavy (non-hydrogen) atoms. The van der Waals surface area contributed by atoms with Crippen molar-refractivity contribution in [3.8, 4) is 5.75 Å². The minimum atomic E-state index is -0.681. The highest BCUT2D eigenvalue weighted by Gasteiger charge is 2.40. The number of hydrogen-bond acceptors (Lipinski definition) is 5. The van der Waals surface area contributed by atoms with Gasteiger partial charge in [-0.25, -0.2) is 0 Å². The maximum atomic E-state index is 13.1. The molecule has 8 nitrogen and oxygen atoms in total. The van der Waals surface area contributed by atoms with E-state index in [0.717, 1.165) is 54.2 Å². The number of anilines is 1. The van der Waals surface area contributed by atoms with Gasteiger partial charge in [0.2, 0.25) is 0 Å². The van der Waals surface area contributed by atoms with Gasteiger partial charge in [0.1, 0.15) is 5.75 Å². The largest absolute Gasteiger partial charge is 0.618 e. The lowest BCUT2D eigenvalue weighted by Gasteiger charge is -2.42. The van der Waals surface area contributed by atoms with Crippen molar-refractivity contribution in [2.75, 3.05) is 11.9 Å². The molecule has 3 aliphatic rings. The molecule has 0 atom stereocenters. The molecule has 0 unspecified atom stereocenters. The highest BCUT2D eigenvalue weighted by molar-refractivity contribution is 6.04. The number of ether oxygens (including phenoxy) is 1. The normalized spacial score (nSPS) is 22.1. The summed E-state index contributed by atoms with van der Waals surface area (Å²) < 4.78 is 8.83. The SMILES string of the molecule is CC(C)(O)C1CC(n2cc3cc(NC(=O)c4cccc(C5CC5)[n+]4[O-])c(OCC4CC4)cc3n2)C1. The molecule has 3 fully saturated rings. The molecule has 3 saturated carbocycles. The van der Waals surface area contributed by atoms with Crippen molar-refractivity contribution in [3.05, 3.63) is 53.1 Å². The quantitative estimate of drug-likeness (QED) is 0.372. The monoisotopic (exact) mass is 476 g/mol. The number of carbonyl (C=O) groups is 1. The molecule has 8 heteroatoms. The fourth-order valence-electron chi connectivity index (χ4n) is 4.90. The molecule has 0 spiro atoms. The minimum absolute atomic E-state index is 0.0884. The fraction of sp³-hybridized carbons (Fsp3) is 0.519. The van der Waals surface area contributed by atoms with Gasteiger partial charge in [0, 0.05) is 35.7 Å². The van der Waals surface area contributed by atoms with Crippen LogP contribution in [0, 0.1) is 17.0 Å². The Hall–Kier alpha value is -3.13. The lowest BCUT2D eigenvalue weighted by molar-refractivity contribution is -0.616. The second-order valence-electron chi connectivity index (χ2n) is 11.1. The zero-order valence-corrected chi connectivity index (χ0v) is 20.2. The van der Waals surface area contributed by atoms with Crippen LogP contribution in [0.5, 0.6) is 5.75 Å². The summed E-state index contributed by atoms with van der Waals surface area (Å²) in [6.07, 6.45) is 8.05. The molecule has 1 aromatic carbocycles. The molecule has 6 rings (SSSR count). The summed E-state index contributed by atoms with van der Waals surface area (Å²) in [5.74, 6) is 1.19. The van der Waals surface area contributed by atoms with Crippen molar-refractivity contribution in [3.63, 3.8) is 0 Å². The van der Waals surface area contributed by atoms with Crippen molar-refractivity contribution in [2.45, 2.75) is 69.9 Å². The van der Waals surface area contributed by atoms with Crippen LogP contribution >= 0.6 is 0 Å². The van der Waals surface area contributed by atoms with Crippen molar-refractivity contribution in [1.82, 2.24) is 9.78 Å². The first-order valence-corrected chi connectivity index (χ1v) is 12.7. The maximum Gasteiger partial charge on any atom is 0.321 e. The van der Waals surface area contributed by atoms with E-state index in [-0.39, 0.29) is 23.6 Å². The first-order valence-electron chi connectivity index (χ1n) is 12.7. The minimum Gasteiger partial charge on any atom is -0.618 e. The highest BCUT2D eigenvalue weighted by Crippen LogP contribution is 2.44. The van der Waals surface area contributed by atoms with E-state index >= 15 is 0 Å². The van der Waals surface area contributed by atoms with Crippen LogP contribution in [0.1, 0.15) is 80.5 Å². The van der Waals surface area contributed by atoms with E-state index in [1.807, 2.05) is 36.9 Å². The highest BCUT2D eigenvalue weighted by atomic mass is 16.5. The van der Waals surface area contributed by atoms with Crippen LogP contribution < -0.4 is 14.8 Å². The van der Waals surface area contributed by atoms with Gasteiger partial charge in [-0.2, -0.15) is 9.83 Å². The fourth-order valence-corrected chi connectivity index (χ4v) is 4.90. The standard InChI is InChI=1S/C27H32N4O4/c1-27(2,33)19-11-20(12-19)30-14-18-10-22(25(13-21(18)29-30)35-15-16-6-7-16)28-26(32)24-5-3-4-23(31(24)34)17-8-9-17/h3-5,10,13-14,16-17,19-20,33H,6-9,11-12,15H2,1-2H3,(H,28,32). The third-order valence-electron chi connectivity index (χ3n) is 7.73. The van der Waals surface area contributed by atoms with Crippen molar-refractivity contribution >= 4 is 22.5 Å². The summed E-state index contributed by atoms with van der Waals surface area (Å²) in [7, 11) is 0. The predicted octanol–water partition coefficient (Wildman–Crippen LogP) is 4.31. The topological polar surface area (TPSA) is 103 Å². The number of hydrogen-bond donors (Lipinski definition) is 2. The van der Waals surface area contributed by atoms with Crippen LogP contribution in [-0.4, -0.2) is 33.0 Å².